The number of hydrogen-bond acceptors (Lipinski definition) is 1. The Morgan fingerprint density at radius 1 is 0.684 bits per heavy atom. The van der Waals surface area contributed by atoms with Crippen LogP contribution in [0.15, 0.2) is 30.6 Å². The van der Waals surface area contributed by atoms with Gasteiger partial charge < -0.3 is 0 Å². The normalized spacial score (nSPS) is 10.6. The quantitative estimate of drug-likeness (QED) is 0.435. The molecule has 0 atom stereocenters. The van der Waals surface area contributed by atoms with E-state index >= 15 is 0 Å². The summed E-state index contributed by atoms with van der Waals surface area (Å²) in [6.45, 7) is 3.35. The largest absolute Gasteiger partial charge is 0.199 e. The predicted molar refractivity (Wildman–Crippen MR) is 82.7 cm³/mol. The summed E-state index contributed by atoms with van der Waals surface area (Å²) in [6, 6.07) is 6.13. The number of rotatable bonds is 12. The third-order valence-electron chi connectivity index (χ3n) is 3.54. The van der Waals surface area contributed by atoms with Crippen molar-refractivity contribution >= 4 is 0 Å². The van der Waals surface area contributed by atoms with Crippen molar-refractivity contribution in [1.29, 1.82) is 0 Å². The molecular formula is C17H31N2+. The average molecular weight is 263 g/mol. The van der Waals surface area contributed by atoms with Crippen LogP contribution in [0.1, 0.15) is 71.1 Å². The van der Waals surface area contributed by atoms with Crippen LogP contribution in [0.2, 0.25) is 0 Å². The topological polar surface area (TPSA) is 15.9 Å². The molecule has 1 heterocycles. The maximum atomic E-state index is 3.39. The molecule has 19 heavy (non-hydrogen) atoms. The molecule has 0 aromatic carbocycles. The van der Waals surface area contributed by atoms with Gasteiger partial charge in [0.2, 0.25) is 0 Å². The molecule has 1 aromatic heterocycles. The fraction of sp³-hybridized carbons (Fsp3) is 0.706. The molecule has 0 amide bonds. The summed E-state index contributed by atoms with van der Waals surface area (Å²) in [5.41, 5.74) is 3.39. The standard InChI is InChI=1S/C17H31N2/c1-2-3-4-5-6-7-8-9-10-12-15-18-19-16-13-11-14-17-19/h11,13-14,16-18H,2-10,12,15H2,1H3/q+1. The maximum absolute atomic E-state index is 3.39. The fourth-order valence-electron chi connectivity index (χ4n) is 2.32. The van der Waals surface area contributed by atoms with Crippen molar-refractivity contribution in [2.24, 2.45) is 0 Å². The molecule has 0 spiro atoms. The third-order valence-corrected chi connectivity index (χ3v) is 3.54. The lowest BCUT2D eigenvalue weighted by atomic mass is 10.1. The number of pyridine rings is 1. The van der Waals surface area contributed by atoms with Gasteiger partial charge in [0.05, 0.1) is 6.54 Å². The van der Waals surface area contributed by atoms with E-state index in [2.05, 4.69) is 24.7 Å². The molecule has 0 saturated carbocycles. The van der Waals surface area contributed by atoms with Crippen LogP contribution in [-0.4, -0.2) is 6.54 Å². The second kappa shape index (κ2) is 12.0. The van der Waals surface area contributed by atoms with Gasteiger partial charge in [0, 0.05) is 12.1 Å². The van der Waals surface area contributed by atoms with E-state index in [0.717, 1.165) is 6.54 Å². The maximum Gasteiger partial charge on any atom is 0.199 e. The predicted octanol–water partition coefficient (Wildman–Crippen LogP) is 4.44. The van der Waals surface area contributed by atoms with Gasteiger partial charge in [-0.25, -0.2) is 0 Å². The number of nitrogens with one attached hydrogen (secondary N) is 1. The summed E-state index contributed by atoms with van der Waals surface area (Å²) in [6.07, 6.45) is 18.1. The van der Waals surface area contributed by atoms with Crippen molar-refractivity contribution in [2.45, 2.75) is 71.1 Å². The highest BCUT2D eigenvalue weighted by Crippen LogP contribution is 2.10. The van der Waals surface area contributed by atoms with Gasteiger partial charge in [0.15, 0.2) is 12.4 Å². The summed E-state index contributed by atoms with van der Waals surface area (Å²) >= 11 is 0. The van der Waals surface area contributed by atoms with Gasteiger partial charge >= 0.3 is 0 Å². The van der Waals surface area contributed by atoms with Gasteiger partial charge in [-0.1, -0.05) is 75.5 Å². The Kier molecular flexibility index (Phi) is 10.1. The lowest BCUT2D eigenvalue weighted by Crippen LogP contribution is -2.44. The van der Waals surface area contributed by atoms with E-state index in [9.17, 15) is 0 Å². The Morgan fingerprint density at radius 2 is 1.21 bits per heavy atom. The second-order valence-corrected chi connectivity index (χ2v) is 5.37. The molecule has 0 aliphatic carbocycles. The van der Waals surface area contributed by atoms with Gasteiger partial charge in [-0.3, -0.25) is 0 Å². The first kappa shape index (κ1) is 16.0. The molecule has 1 aromatic rings. The van der Waals surface area contributed by atoms with Gasteiger partial charge in [-0.05, 0) is 6.42 Å². The van der Waals surface area contributed by atoms with Crippen LogP contribution in [-0.2, 0) is 0 Å². The first-order valence-electron chi connectivity index (χ1n) is 8.13. The molecule has 1 N–H and O–H groups in total. The molecule has 108 valence electrons. The number of aromatic nitrogens is 1. The van der Waals surface area contributed by atoms with Crippen LogP contribution in [0.4, 0.5) is 0 Å². The van der Waals surface area contributed by atoms with Crippen LogP contribution in [0.5, 0.6) is 0 Å². The minimum atomic E-state index is 1.07. The Morgan fingerprint density at radius 3 is 1.79 bits per heavy atom. The van der Waals surface area contributed by atoms with Crippen molar-refractivity contribution in [2.75, 3.05) is 12.0 Å². The van der Waals surface area contributed by atoms with Crippen LogP contribution in [0.3, 0.4) is 0 Å². The van der Waals surface area contributed by atoms with E-state index in [4.69, 9.17) is 0 Å². The number of unbranched alkanes of at least 4 members (excludes halogenated alkanes) is 9. The molecule has 2 nitrogen and oxygen atoms in total. The third kappa shape index (κ3) is 9.52. The Balaban J connectivity index is 1.79. The Bertz CT molecular complexity index is 285. The highest BCUT2D eigenvalue weighted by Gasteiger charge is 1.96. The van der Waals surface area contributed by atoms with E-state index in [0.29, 0.717) is 0 Å². The number of hydrogen-bond donors (Lipinski definition) is 1. The summed E-state index contributed by atoms with van der Waals surface area (Å²) in [4.78, 5) is 0. The van der Waals surface area contributed by atoms with Crippen molar-refractivity contribution in [3.8, 4) is 0 Å². The molecule has 0 saturated heterocycles. The van der Waals surface area contributed by atoms with Crippen LogP contribution < -0.4 is 10.1 Å². The van der Waals surface area contributed by atoms with E-state index < -0.39 is 0 Å². The Hall–Kier alpha value is -1.05. The molecule has 0 fully saturated rings. The van der Waals surface area contributed by atoms with Crippen LogP contribution >= 0.6 is 0 Å². The molecule has 0 radical (unpaired) electrons. The first-order valence-corrected chi connectivity index (χ1v) is 8.13. The zero-order chi connectivity index (χ0) is 13.6. The van der Waals surface area contributed by atoms with Crippen LogP contribution in [0.25, 0.3) is 0 Å². The SMILES string of the molecule is CCCCCCCCCCCCN[n+]1ccccc1. The zero-order valence-electron chi connectivity index (χ0n) is 12.6. The van der Waals surface area contributed by atoms with Crippen molar-refractivity contribution < 1.29 is 4.68 Å². The minimum absolute atomic E-state index is 1.07. The van der Waals surface area contributed by atoms with E-state index in [1.807, 2.05) is 22.9 Å². The molecule has 1 rings (SSSR count). The summed E-state index contributed by atoms with van der Waals surface area (Å²) in [7, 11) is 0. The monoisotopic (exact) mass is 263 g/mol. The van der Waals surface area contributed by atoms with E-state index in [1.165, 1.54) is 64.2 Å². The Labute approximate surface area is 119 Å². The van der Waals surface area contributed by atoms with Gasteiger partial charge in [0.25, 0.3) is 0 Å². The molecule has 0 aliphatic rings. The van der Waals surface area contributed by atoms with Crippen LogP contribution in [0, 0.1) is 0 Å². The molecule has 0 bridgehead atoms. The first-order chi connectivity index (χ1) is 9.43. The van der Waals surface area contributed by atoms with Gasteiger partial charge in [0.1, 0.15) is 0 Å². The zero-order valence-corrected chi connectivity index (χ0v) is 12.6. The van der Waals surface area contributed by atoms with Crippen molar-refractivity contribution in [1.82, 2.24) is 0 Å². The number of nitrogens with zero attached hydrogens (tertiary/aromatic N) is 1. The van der Waals surface area contributed by atoms with E-state index in [-0.39, 0.29) is 0 Å². The molecular weight excluding hydrogens is 232 g/mol. The summed E-state index contributed by atoms with van der Waals surface area (Å²) in [5, 5.41) is 0. The highest BCUT2D eigenvalue weighted by molar-refractivity contribution is 4.84. The summed E-state index contributed by atoms with van der Waals surface area (Å²) < 4.78 is 2.04. The lowest BCUT2D eigenvalue weighted by Gasteiger charge is -2.02. The van der Waals surface area contributed by atoms with Crippen molar-refractivity contribution in [3.63, 3.8) is 0 Å². The minimum Gasteiger partial charge on any atom is -0.193 e. The summed E-state index contributed by atoms with van der Waals surface area (Å²) in [5.74, 6) is 0. The van der Waals surface area contributed by atoms with Crippen molar-refractivity contribution in [3.05, 3.63) is 30.6 Å². The molecule has 2 heteroatoms. The van der Waals surface area contributed by atoms with Gasteiger partial charge in [-0.2, -0.15) is 5.43 Å². The smallest absolute Gasteiger partial charge is 0.193 e. The lowest BCUT2D eigenvalue weighted by molar-refractivity contribution is -0.650. The second-order valence-electron chi connectivity index (χ2n) is 5.37. The average Bonchev–Trinajstić information content (AvgIpc) is 2.46. The highest BCUT2D eigenvalue weighted by atomic mass is 15.4. The molecule has 0 aliphatic heterocycles. The molecule has 0 unspecified atom stereocenters. The van der Waals surface area contributed by atoms with Gasteiger partial charge in [-0.15, -0.1) is 0 Å². The van der Waals surface area contributed by atoms with E-state index in [1.54, 1.807) is 0 Å². The fourth-order valence-corrected chi connectivity index (χ4v) is 2.32.